The maximum Gasteiger partial charge on any atom is 0.307 e. The van der Waals surface area contributed by atoms with Gasteiger partial charge in [-0.2, -0.15) is 0 Å². The van der Waals surface area contributed by atoms with Crippen LogP contribution in [0.25, 0.3) is 22.5 Å². The molecule has 5 nitrogen and oxygen atoms in total. The van der Waals surface area contributed by atoms with Crippen molar-refractivity contribution < 1.29 is 14.3 Å². The molecule has 0 aliphatic carbocycles. The van der Waals surface area contributed by atoms with Crippen molar-refractivity contribution in [1.29, 1.82) is 0 Å². The van der Waals surface area contributed by atoms with Gasteiger partial charge in [-0.3, -0.25) is 4.79 Å². The molecule has 0 saturated carbocycles. The number of rotatable bonds is 6. The molecule has 0 fully saturated rings. The third-order valence-corrected chi connectivity index (χ3v) is 4.63. The lowest BCUT2D eigenvalue weighted by molar-refractivity contribution is -0.136. The molecule has 1 aromatic heterocycles. The van der Waals surface area contributed by atoms with Crippen molar-refractivity contribution in [3.05, 3.63) is 89.6 Å². The van der Waals surface area contributed by atoms with Crippen molar-refractivity contribution in [3.63, 3.8) is 0 Å². The largest absolute Gasteiger partial charge is 0.481 e. The summed E-state index contributed by atoms with van der Waals surface area (Å²) in [5.74, 6) is -0.184. The van der Waals surface area contributed by atoms with E-state index in [0.29, 0.717) is 16.8 Å². The van der Waals surface area contributed by atoms with Gasteiger partial charge in [0.2, 0.25) is 0 Å². The molecule has 6 heteroatoms. The summed E-state index contributed by atoms with van der Waals surface area (Å²) in [6.07, 6.45) is 1.69. The third kappa shape index (κ3) is 4.65. The van der Waals surface area contributed by atoms with E-state index in [4.69, 9.17) is 21.1 Å². The second-order valence-corrected chi connectivity index (χ2v) is 6.95. The first-order valence-corrected chi connectivity index (χ1v) is 9.34. The van der Waals surface area contributed by atoms with E-state index < -0.39 is 5.97 Å². The highest BCUT2D eigenvalue weighted by Gasteiger charge is 2.08. The number of nitrogens with zero attached hydrogens (tertiary/aromatic N) is 1. The van der Waals surface area contributed by atoms with Crippen LogP contribution in [0.5, 0.6) is 0 Å². The molecule has 0 aliphatic rings. The lowest BCUT2D eigenvalue weighted by Crippen LogP contribution is -1.99. The molecule has 29 heavy (non-hydrogen) atoms. The molecule has 0 bridgehead atoms. The zero-order valence-electron chi connectivity index (χ0n) is 15.3. The molecule has 2 N–H and O–H groups in total. The minimum Gasteiger partial charge on any atom is -0.481 e. The lowest BCUT2D eigenvalue weighted by atomic mass is 10.0. The van der Waals surface area contributed by atoms with Crippen LogP contribution < -0.4 is 5.32 Å². The first-order valence-electron chi connectivity index (χ1n) is 8.97. The maximum atomic E-state index is 10.8. The number of aromatic nitrogens is 1. The fraction of sp³-hybridized carbons (Fsp3) is 0.0435. The normalized spacial score (nSPS) is 10.7. The third-order valence-electron chi connectivity index (χ3n) is 4.39. The summed E-state index contributed by atoms with van der Waals surface area (Å²) in [4.78, 5) is 15.1. The molecule has 3 aromatic carbocycles. The van der Waals surface area contributed by atoms with Crippen LogP contribution >= 0.6 is 11.6 Å². The Bertz CT molecular complexity index is 1140. The molecule has 0 unspecified atom stereocenters. The van der Waals surface area contributed by atoms with E-state index in [1.165, 1.54) is 0 Å². The molecule has 4 rings (SSSR count). The molecule has 4 aromatic rings. The summed E-state index contributed by atoms with van der Waals surface area (Å²) in [7, 11) is 0. The number of carboxylic acids is 1. The number of anilines is 2. The minimum absolute atomic E-state index is 0.0241. The van der Waals surface area contributed by atoms with E-state index >= 15 is 0 Å². The van der Waals surface area contributed by atoms with Crippen molar-refractivity contribution in [2.24, 2.45) is 0 Å². The Morgan fingerprint density at radius 1 is 0.966 bits per heavy atom. The van der Waals surface area contributed by atoms with Crippen molar-refractivity contribution in [3.8, 4) is 22.5 Å². The first kappa shape index (κ1) is 18.8. The molecular weight excluding hydrogens is 388 g/mol. The van der Waals surface area contributed by atoms with Gasteiger partial charge in [0.15, 0.2) is 5.76 Å². The van der Waals surface area contributed by atoms with E-state index in [9.17, 15) is 4.79 Å². The van der Waals surface area contributed by atoms with Gasteiger partial charge in [0.1, 0.15) is 0 Å². The van der Waals surface area contributed by atoms with Crippen LogP contribution in [0.15, 0.2) is 83.4 Å². The Morgan fingerprint density at radius 3 is 2.28 bits per heavy atom. The van der Waals surface area contributed by atoms with Gasteiger partial charge in [-0.1, -0.05) is 66.2 Å². The second-order valence-electron chi connectivity index (χ2n) is 6.51. The average Bonchev–Trinajstić information content (AvgIpc) is 3.17. The number of hydrogen-bond acceptors (Lipinski definition) is 4. The smallest absolute Gasteiger partial charge is 0.307 e. The van der Waals surface area contributed by atoms with Crippen LogP contribution in [0.1, 0.15) is 5.56 Å². The standard InChI is InChI=1S/C23H17ClN2O3/c24-19-2-1-3-20(13-19)26-23-25-14-21(29-23)18-10-8-17(9-11-18)16-6-4-15(5-7-16)12-22(27)28/h1-11,13-14H,12H2,(H,25,26)(H,27,28). The van der Waals surface area contributed by atoms with Crippen LogP contribution in [0.4, 0.5) is 11.7 Å². The molecule has 0 spiro atoms. The topological polar surface area (TPSA) is 75.4 Å². The molecule has 0 saturated heterocycles. The van der Waals surface area contributed by atoms with Gasteiger partial charge in [-0.15, -0.1) is 0 Å². The number of oxazole rings is 1. The summed E-state index contributed by atoms with van der Waals surface area (Å²) in [5.41, 5.74) is 4.54. The van der Waals surface area contributed by atoms with Gasteiger partial charge in [0.25, 0.3) is 6.01 Å². The zero-order chi connectivity index (χ0) is 20.2. The van der Waals surface area contributed by atoms with E-state index in [2.05, 4.69) is 10.3 Å². The zero-order valence-corrected chi connectivity index (χ0v) is 16.1. The molecule has 144 valence electrons. The molecule has 0 atom stereocenters. The number of benzene rings is 3. The van der Waals surface area contributed by atoms with Crippen molar-refractivity contribution in [2.75, 3.05) is 5.32 Å². The van der Waals surface area contributed by atoms with Gasteiger partial charge in [0.05, 0.1) is 12.6 Å². The quantitative estimate of drug-likeness (QED) is 0.410. The maximum absolute atomic E-state index is 10.8. The molecule has 1 heterocycles. The number of aliphatic carboxylic acids is 1. The Morgan fingerprint density at radius 2 is 1.62 bits per heavy atom. The van der Waals surface area contributed by atoms with Crippen LogP contribution in [0.2, 0.25) is 5.02 Å². The molecule has 0 aliphatic heterocycles. The van der Waals surface area contributed by atoms with E-state index in [1.807, 2.05) is 60.7 Å². The predicted molar refractivity (Wildman–Crippen MR) is 113 cm³/mol. The summed E-state index contributed by atoms with van der Waals surface area (Å²) < 4.78 is 5.79. The summed E-state index contributed by atoms with van der Waals surface area (Å²) >= 11 is 5.99. The van der Waals surface area contributed by atoms with E-state index in [-0.39, 0.29) is 6.42 Å². The number of halogens is 1. The SMILES string of the molecule is O=C(O)Cc1ccc(-c2ccc(-c3cnc(Nc4cccc(Cl)c4)o3)cc2)cc1. The van der Waals surface area contributed by atoms with Gasteiger partial charge < -0.3 is 14.8 Å². The number of nitrogens with one attached hydrogen (secondary N) is 1. The summed E-state index contributed by atoms with van der Waals surface area (Å²) in [5, 5.41) is 12.6. The fourth-order valence-electron chi connectivity index (χ4n) is 2.97. The molecule has 0 amide bonds. The van der Waals surface area contributed by atoms with Gasteiger partial charge >= 0.3 is 5.97 Å². The Balaban J connectivity index is 1.48. The van der Waals surface area contributed by atoms with Gasteiger partial charge in [-0.25, -0.2) is 4.98 Å². The van der Waals surface area contributed by atoms with Crippen LogP contribution in [0, 0.1) is 0 Å². The lowest BCUT2D eigenvalue weighted by Gasteiger charge is -2.05. The minimum atomic E-state index is -0.835. The van der Waals surface area contributed by atoms with E-state index in [1.54, 1.807) is 18.3 Å². The fourth-order valence-corrected chi connectivity index (χ4v) is 3.16. The number of hydrogen-bond donors (Lipinski definition) is 2. The highest BCUT2D eigenvalue weighted by atomic mass is 35.5. The van der Waals surface area contributed by atoms with Crippen molar-refractivity contribution >= 4 is 29.3 Å². The van der Waals surface area contributed by atoms with Gasteiger partial charge in [0, 0.05) is 16.3 Å². The monoisotopic (exact) mass is 404 g/mol. The molecular formula is C23H17ClN2O3. The average molecular weight is 405 g/mol. The highest BCUT2D eigenvalue weighted by Crippen LogP contribution is 2.28. The van der Waals surface area contributed by atoms with Crippen molar-refractivity contribution in [2.45, 2.75) is 6.42 Å². The molecule has 0 radical (unpaired) electrons. The number of carboxylic acid groups (broad SMARTS) is 1. The highest BCUT2D eigenvalue weighted by molar-refractivity contribution is 6.30. The van der Waals surface area contributed by atoms with Crippen LogP contribution in [-0.2, 0) is 11.2 Å². The first-order chi connectivity index (χ1) is 14.1. The van der Waals surface area contributed by atoms with Gasteiger partial charge in [-0.05, 0) is 34.9 Å². The van der Waals surface area contributed by atoms with Crippen molar-refractivity contribution in [1.82, 2.24) is 4.98 Å². The van der Waals surface area contributed by atoms with E-state index in [0.717, 1.165) is 27.9 Å². The Kier molecular flexibility index (Phi) is 5.31. The van der Waals surface area contributed by atoms with Crippen LogP contribution in [-0.4, -0.2) is 16.1 Å². The Labute approximate surface area is 172 Å². The number of carbonyl (C=O) groups is 1. The summed E-state index contributed by atoms with van der Waals surface area (Å²) in [6.45, 7) is 0. The Hall–Kier alpha value is -3.57. The summed E-state index contributed by atoms with van der Waals surface area (Å²) in [6, 6.07) is 23.1. The predicted octanol–water partition coefficient (Wildman–Crippen LogP) is 6.03. The van der Waals surface area contributed by atoms with Crippen LogP contribution in [0.3, 0.4) is 0 Å². The second kappa shape index (κ2) is 8.20.